The minimum atomic E-state index is -0.741. The van der Waals surface area contributed by atoms with E-state index in [2.05, 4.69) is 15.9 Å². The quantitative estimate of drug-likeness (QED) is 0.834. The van der Waals surface area contributed by atoms with Gasteiger partial charge in [0.15, 0.2) is 0 Å². The van der Waals surface area contributed by atoms with Crippen LogP contribution in [0.3, 0.4) is 0 Å². The standard InChI is InChI=1S/C11H7BrFNOSe/c12-10-4-3-9(16-10)6-1-2-7(11(14)15)8(13)5-6/h1-5H,(H2,14,15). The van der Waals surface area contributed by atoms with Crippen LogP contribution in [0.15, 0.2) is 33.7 Å². The van der Waals surface area contributed by atoms with Gasteiger partial charge < -0.3 is 0 Å². The molecule has 0 aliphatic carbocycles. The number of amides is 1. The first-order valence-corrected chi connectivity index (χ1v) is 6.93. The average Bonchev–Trinajstić information content (AvgIpc) is 2.64. The zero-order valence-corrected chi connectivity index (χ0v) is 11.3. The van der Waals surface area contributed by atoms with Crippen LogP contribution in [0, 0.1) is 5.82 Å². The van der Waals surface area contributed by atoms with E-state index < -0.39 is 11.7 Å². The van der Waals surface area contributed by atoms with Crippen molar-refractivity contribution in [3.63, 3.8) is 0 Å². The van der Waals surface area contributed by atoms with E-state index in [1.165, 1.54) is 12.1 Å². The Morgan fingerprint density at radius 1 is 1.31 bits per heavy atom. The van der Waals surface area contributed by atoms with E-state index in [1.54, 1.807) is 6.07 Å². The second kappa shape index (κ2) is 4.53. The van der Waals surface area contributed by atoms with Crippen molar-refractivity contribution in [1.29, 1.82) is 0 Å². The summed E-state index contributed by atoms with van der Waals surface area (Å²) in [6.07, 6.45) is 0. The molecule has 0 saturated heterocycles. The maximum atomic E-state index is 13.5. The molecule has 16 heavy (non-hydrogen) atoms. The number of nitrogens with two attached hydrogens (primary N) is 1. The van der Waals surface area contributed by atoms with Crippen LogP contribution in [-0.4, -0.2) is 20.4 Å². The molecule has 2 aromatic rings. The van der Waals surface area contributed by atoms with Crippen LogP contribution in [0.25, 0.3) is 10.0 Å². The summed E-state index contributed by atoms with van der Waals surface area (Å²) >= 11 is 3.58. The third-order valence-corrected chi connectivity index (χ3v) is 5.13. The van der Waals surface area contributed by atoms with E-state index in [4.69, 9.17) is 5.73 Å². The van der Waals surface area contributed by atoms with Gasteiger partial charge in [-0.3, -0.25) is 0 Å². The second-order valence-corrected chi connectivity index (χ2v) is 7.47. The van der Waals surface area contributed by atoms with Crippen LogP contribution in [-0.2, 0) is 0 Å². The van der Waals surface area contributed by atoms with Crippen molar-refractivity contribution < 1.29 is 9.18 Å². The molecule has 0 atom stereocenters. The molecule has 0 spiro atoms. The SMILES string of the molecule is NC(=O)c1ccc(-c2ccc(Br)[se]2)cc1F. The molecule has 1 aromatic carbocycles. The van der Waals surface area contributed by atoms with Gasteiger partial charge in [0, 0.05) is 0 Å². The molecular formula is C11H7BrFNOSe. The summed E-state index contributed by atoms with van der Waals surface area (Å²) in [4.78, 5) is 10.9. The maximum absolute atomic E-state index is 13.5. The monoisotopic (exact) mass is 347 g/mol. The summed E-state index contributed by atoms with van der Waals surface area (Å²) < 4.78 is 15.7. The number of primary amides is 1. The zero-order valence-electron chi connectivity index (χ0n) is 8.04. The Bertz CT molecular complexity index is 553. The molecule has 2 N–H and O–H groups in total. The Morgan fingerprint density at radius 2 is 2.06 bits per heavy atom. The predicted octanol–water partition coefficient (Wildman–Crippen LogP) is 2.41. The average molecular weight is 347 g/mol. The van der Waals surface area contributed by atoms with E-state index in [9.17, 15) is 9.18 Å². The Kier molecular flexibility index (Phi) is 3.28. The molecule has 5 heteroatoms. The molecule has 0 radical (unpaired) electrons. The van der Waals surface area contributed by atoms with Gasteiger partial charge in [0.1, 0.15) is 0 Å². The number of carbonyl (C=O) groups excluding carboxylic acids is 1. The fraction of sp³-hybridized carbons (Fsp3) is 0. The first kappa shape index (κ1) is 11.6. The zero-order chi connectivity index (χ0) is 11.7. The van der Waals surface area contributed by atoms with Crippen molar-refractivity contribution >= 4 is 36.3 Å². The third-order valence-electron chi connectivity index (χ3n) is 2.09. The molecule has 2 rings (SSSR count). The van der Waals surface area contributed by atoms with Gasteiger partial charge in [-0.25, -0.2) is 0 Å². The van der Waals surface area contributed by atoms with Gasteiger partial charge in [0.2, 0.25) is 0 Å². The summed E-state index contributed by atoms with van der Waals surface area (Å²) in [5.41, 5.74) is 5.76. The Labute approximate surface area is 106 Å². The van der Waals surface area contributed by atoms with Gasteiger partial charge in [-0.15, -0.1) is 0 Å². The van der Waals surface area contributed by atoms with Crippen molar-refractivity contribution in [2.75, 3.05) is 0 Å². The Morgan fingerprint density at radius 3 is 2.56 bits per heavy atom. The van der Waals surface area contributed by atoms with Crippen molar-refractivity contribution in [2.45, 2.75) is 0 Å². The fourth-order valence-electron chi connectivity index (χ4n) is 1.34. The van der Waals surface area contributed by atoms with Crippen molar-refractivity contribution in [2.24, 2.45) is 5.73 Å². The van der Waals surface area contributed by atoms with Gasteiger partial charge in [-0.2, -0.15) is 0 Å². The van der Waals surface area contributed by atoms with Gasteiger partial charge in [0.25, 0.3) is 0 Å². The Hall–Kier alpha value is -0.901. The summed E-state index contributed by atoms with van der Waals surface area (Å²) in [6.45, 7) is 0. The fourth-order valence-corrected chi connectivity index (χ4v) is 3.90. The van der Waals surface area contributed by atoms with Crippen LogP contribution in [0.5, 0.6) is 0 Å². The van der Waals surface area contributed by atoms with Crippen LogP contribution in [0.4, 0.5) is 4.39 Å². The number of carbonyl (C=O) groups is 1. The number of halogens is 2. The molecular weight excluding hydrogens is 340 g/mol. The molecule has 0 aliphatic heterocycles. The molecule has 1 heterocycles. The van der Waals surface area contributed by atoms with E-state index in [1.807, 2.05) is 12.1 Å². The van der Waals surface area contributed by atoms with Crippen molar-refractivity contribution in [3.8, 4) is 10.0 Å². The molecule has 1 aromatic heterocycles. The van der Waals surface area contributed by atoms with Gasteiger partial charge in [-0.1, -0.05) is 0 Å². The molecule has 0 saturated carbocycles. The molecule has 1 amide bonds. The van der Waals surface area contributed by atoms with Crippen LogP contribution in [0.1, 0.15) is 10.4 Å². The minimum absolute atomic E-state index is 0.0677. The van der Waals surface area contributed by atoms with Crippen LogP contribution in [0.2, 0.25) is 0 Å². The number of hydrogen-bond acceptors (Lipinski definition) is 1. The molecule has 2 nitrogen and oxygen atoms in total. The summed E-state index contributed by atoms with van der Waals surface area (Å²) in [5.74, 6) is -1.31. The van der Waals surface area contributed by atoms with Crippen molar-refractivity contribution in [3.05, 3.63) is 45.1 Å². The van der Waals surface area contributed by atoms with Gasteiger partial charge in [0.05, 0.1) is 0 Å². The number of rotatable bonds is 2. The molecule has 0 fully saturated rings. The summed E-state index contributed by atoms with van der Waals surface area (Å²) in [5, 5.41) is 0. The molecule has 0 unspecified atom stereocenters. The van der Waals surface area contributed by atoms with Gasteiger partial charge >= 0.3 is 106 Å². The van der Waals surface area contributed by atoms with Crippen LogP contribution < -0.4 is 5.73 Å². The van der Waals surface area contributed by atoms with E-state index in [0.717, 1.165) is 13.3 Å². The first-order valence-electron chi connectivity index (χ1n) is 4.43. The molecule has 0 bridgehead atoms. The third kappa shape index (κ3) is 2.26. The first-order chi connectivity index (χ1) is 7.58. The number of benzene rings is 1. The van der Waals surface area contributed by atoms with Gasteiger partial charge in [-0.05, 0) is 0 Å². The summed E-state index contributed by atoms with van der Waals surface area (Å²) in [6, 6.07) is 8.40. The molecule has 0 aliphatic rings. The van der Waals surface area contributed by atoms with E-state index >= 15 is 0 Å². The van der Waals surface area contributed by atoms with Crippen LogP contribution >= 0.6 is 15.9 Å². The predicted molar refractivity (Wildman–Crippen MR) is 65.0 cm³/mol. The van der Waals surface area contributed by atoms with E-state index in [0.29, 0.717) is 0 Å². The van der Waals surface area contributed by atoms with Crippen molar-refractivity contribution in [1.82, 2.24) is 0 Å². The normalized spacial score (nSPS) is 10.4. The summed E-state index contributed by atoms with van der Waals surface area (Å²) in [7, 11) is 0. The Balaban J connectivity index is 2.45. The topological polar surface area (TPSA) is 43.1 Å². The second-order valence-electron chi connectivity index (χ2n) is 3.16. The van der Waals surface area contributed by atoms with E-state index in [-0.39, 0.29) is 20.1 Å². The molecule has 82 valence electrons. The number of hydrogen-bond donors (Lipinski definition) is 1.